The van der Waals surface area contributed by atoms with Crippen molar-refractivity contribution in [2.75, 3.05) is 19.9 Å². The van der Waals surface area contributed by atoms with Crippen LogP contribution in [0, 0.1) is 0 Å². The summed E-state index contributed by atoms with van der Waals surface area (Å²) in [5.74, 6) is -0.722. The van der Waals surface area contributed by atoms with Gasteiger partial charge >= 0.3 is 13.6 Å². The van der Waals surface area contributed by atoms with E-state index in [4.69, 9.17) is 4.89 Å². The van der Waals surface area contributed by atoms with Crippen molar-refractivity contribution in [3.8, 4) is 0 Å². The minimum Gasteiger partial charge on any atom is -0.466 e. The zero-order valence-electron chi connectivity index (χ0n) is 6.44. The molecule has 6 heteroatoms. The van der Waals surface area contributed by atoms with E-state index in [1.165, 1.54) is 0 Å². The van der Waals surface area contributed by atoms with Gasteiger partial charge in [-0.1, -0.05) is 0 Å². The summed E-state index contributed by atoms with van der Waals surface area (Å²) < 4.78 is 19.3. The summed E-state index contributed by atoms with van der Waals surface area (Å²) >= 11 is 0. The Balaban J connectivity index is 3.84. The SMILES string of the molecule is CCOC(=O)CP(=O)(O)OC. The van der Waals surface area contributed by atoms with Gasteiger partial charge in [0, 0.05) is 7.11 Å². The van der Waals surface area contributed by atoms with E-state index in [1.807, 2.05) is 0 Å². The Morgan fingerprint density at radius 2 is 2.18 bits per heavy atom. The highest BCUT2D eigenvalue weighted by Crippen LogP contribution is 2.40. The Labute approximate surface area is 64.8 Å². The van der Waals surface area contributed by atoms with E-state index < -0.39 is 19.7 Å². The van der Waals surface area contributed by atoms with E-state index in [0.29, 0.717) is 0 Å². The number of carbonyl (C=O) groups is 1. The molecule has 66 valence electrons. The van der Waals surface area contributed by atoms with Crippen LogP contribution in [0.2, 0.25) is 0 Å². The quantitative estimate of drug-likeness (QED) is 0.502. The summed E-state index contributed by atoms with van der Waals surface area (Å²) in [4.78, 5) is 19.3. The second kappa shape index (κ2) is 4.49. The van der Waals surface area contributed by atoms with E-state index in [0.717, 1.165) is 7.11 Å². The lowest BCUT2D eigenvalue weighted by atomic mass is 10.8. The molecule has 0 fully saturated rings. The molecule has 0 aliphatic rings. The van der Waals surface area contributed by atoms with Crippen LogP contribution in [0.25, 0.3) is 0 Å². The van der Waals surface area contributed by atoms with Crippen LogP contribution in [0.4, 0.5) is 0 Å². The Bertz CT molecular complexity index is 178. The molecular formula is C5H11O5P. The van der Waals surface area contributed by atoms with Gasteiger partial charge in [-0.05, 0) is 6.92 Å². The molecule has 11 heavy (non-hydrogen) atoms. The lowest BCUT2D eigenvalue weighted by molar-refractivity contribution is -0.140. The number of hydrogen-bond donors (Lipinski definition) is 1. The van der Waals surface area contributed by atoms with Gasteiger partial charge in [0.2, 0.25) is 0 Å². The third kappa shape index (κ3) is 4.95. The van der Waals surface area contributed by atoms with Crippen LogP contribution in [0.5, 0.6) is 0 Å². The average Bonchev–Trinajstić information content (AvgIpc) is 1.87. The topological polar surface area (TPSA) is 72.8 Å². The standard InChI is InChI=1S/C5H11O5P/c1-3-10-5(6)4-11(7,8)9-2/h3-4H2,1-2H3,(H,7,8). The molecule has 1 N–H and O–H groups in total. The molecule has 0 aliphatic carbocycles. The van der Waals surface area contributed by atoms with Gasteiger partial charge in [0.05, 0.1) is 6.61 Å². The van der Waals surface area contributed by atoms with Crippen molar-refractivity contribution in [3.63, 3.8) is 0 Å². The zero-order chi connectivity index (χ0) is 8.91. The zero-order valence-corrected chi connectivity index (χ0v) is 7.34. The summed E-state index contributed by atoms with van der Waals surface area (Å²) in [6, 6.07) is 0. The van der Waals surface area contributed by atoms with Crippen LogP contribution in [0.1, 0.15) is 6.92 Å². The summed E-state index contributed by atoms with van der Waals surface area (Å²) in [6.07, 6.45) is -0.586. The molecule has 0 spiro atoms. The van der Waals surface area contributed by atoms with Crippen molar-refractivity contribution in [1.29, 1.82) is 0 Å². The molecule has 0 radical (unpaired) electrons. The van der Waals surface area contributed by atoms with Crippen LogP contribution < -0.4 is 0 Å². The molecule has 0 aromatic carbocycles. The van der Waals surface area contributed by atoms with Gasteiger partial charge in [-0.3, -0.25) is 9.36 Å². The first-order valence-electron chi connectivity index (χ1n) is 3.05. The monoisotopic (exact) mass is 182 g/mol. The number of ether oxygens (including phenoxy) is 1. The van der Waals surface area contributed by atoms with Gasteiger partial charge in [-0.2, -0.15) is 0 Å². The number of carbonyl (C=O) groups excluding carboxylic acids is 1. The predicted octanol–water partition coefficient (Wildman–Crippen LogP) is 0.381. The van der Waals surface area contributed by atoms with E-state index in [9.17, 15) is 9.36 Å². The molecule has 0 heterocycles. The molecule has 0 saturated carbocycles. The molecule has 0 aromatic rings. The van der Waals surface area contributed by atoms with Gasteiger partial charge in [-0.15, -0.1) is 0 Å². The number of hydrogen-bond acceptors (Lipinski definition) is 4. The molecule has 0 bridgehead atoms. The fourth-order valence-corrected chi connectivity index (χ4v) is 0.981. The second-order valence-corrected chi connectivity index (χ2v) is 3.74. The molecule has 0 aliphatic heterocycles. The Hall–Kier alpha value is -0.380. The smallest absolute Gasteiger partial charge is 0.339 e. The molecule has 0 rings (SSSR count). The third-order valence-electron chi connectivity index (χ3n) is 0.920. The molecule has 0 amide bonds. The highest BCUT2D eigenvalue weighted by molar-refractivity contribution is 7.53. The predicted molar refractivity (Wildman–Crippen MR) is 38.3 cm³/mol. The summed E-state index contributed by atoms with van der Waals surface area (Å²) in [7, 11) is -2.66. The first-order valence-corrected chi connectivity index (χ1v) is 4.81. The largest absolute Gasteiger partial charge is 0.466 e. The van der Waals surface area contributed by atoms with Gasteiger partial charge in [-0.25, -0.2) is 0 Å². The maximum absolute atomic E-state index is 10.7. The molecule has 5 nitrogen and oxygen atoms in total. The normalized spacial score (nSPS) is 15.5. The van der Waals surface area contributed by atoms with Crippen molar-refractivity contribution in [3.05, 3.63) is 0 Å². The highest BCUT2D eigenvalue weighted by Gasteiger charge is 2.22. The third-order valence-corrected chi connectivity index (χ3v) is 2.15. The summed E-state index contributed by atoms with van der Waals surface area (Å²) in [5, 5.41) is 0. The van der Waals surface area contributed by atoms with Crippen molar-refractivity contribution in [2.24, 2.45) is 0 Å². The molecule has 1 unspecified atom stereocenters. The molecule has 0 aromatic heterocycles. The Morgan fingerprint density at radius 3 is 2.55 bits per heavy atom. The Kier molecular flexibility index (Phi) is 4.33. The van der Waals surface area contributed by atoms with Crippen LogP contribution in [-0.4, -0.2) is 30.7 Å². The summed E-state index contributed by atoms with van der Waals surface area (Å²) in [6.45, 7) is 1.82. The first-order chi connectivity index (χ1) is 5.02. The lowest BCUT2D eigenvalue weighted by Crippen LogP contribution is -2.10. The van der Waals surface area contributed by atoms with E-state index in [1.54, 1.807) is 6.92 Å². The number of rotatable bonds is 4. The maximum atomic E-state index is 10.7. The molecule has 1 atom stereocenters. The number of esters is 1. The van der Waals surface area contributed by atoms with Crippen molar-refractivity contribution >= 4 is 13.6 Å². The van der Waals surface area contributed by atoms with Crippen molar-refractivity contribution < 1.29 is 23.5 Å². The van der Waals surface area contributed by atoms with Gasteiger partial charge in [0.1, 0.15) is 6.16 Å². The second-order valence-electron chi connectivity index (χ2n) is 1.78. The van der Waals surface area contributed by atoms with Gasteiger partial charge in [0.25, 0.3) is 0 Å². The van der Waals surface area contributed by atoms with Gasteiger partial charge in [0.15, 0.2) is 0 Å². The average molecular weight is 182 g/mol. The minimum absolute atomic E-state index is 0.197. The lowest BCUT2D eigenvalue weighted by Gasteiger charge is -2.06. The van der Waals surface area contributed by atoms with Gasteiger partial charge < -0.3 is 14.2 Å². The molecular weight excluding hydrogens is 171 g/mol. The van der Waals surface area contributed by atoms with Crippen LogP contribution in [0.3, 0.4) is 0 Å². The Morgan fingerprint density at radius 1 is 1.64 bits per heavy atom. The fourth-order valence-electron chi connectivity index (χ4n) is 0.434. The van der Waals surface area contributed by atoms with Crippen molar-refractivity contribution in [2.45, 2.75) is 6.92 Å². The van der Waals surface area contributed by atoms with Crippen LogP contribution in [0.15, 0.2) is 0 Å². The first kappa shape index (κ1) is 10.6. The van der Waals surface area contributed by atoms with E-state index in [-0.39, 0.29) is 6.61 Å². The highest BCUT2D eigenvalue weighted by atomic mass is 31.2. The van der Waals surface area contributed by atoms with Crippen LogP contribution in [-0.2, 0) is 18.6 Å². The fraction of sp³-hybridized carbons (Fsp3) is 0.800. The van der Waals surface area contributed by atoms with E-state index >= 15 is 0 Å². The van der Waals surface area contributed by atoms with E-state index in [2.05, 4.69) is 9.26 Å². The molecule has 0 saturated heterocycles. The minimum atomic E-state index is -3.73. The summed E-state index contributed by atoms with van der Waals surface area (Å²) in [5.41, 5.74) is 0. The van der Waals surface area contributed by atoms with Crippen LogP contribution >= 0.6 is 7.60 Å². The van der Waals surface area contributed by atoms with Crippen molar-refractivity contribution in [1.82, 2.24) is 0 Å². The maximum Gasteiger partial charge on any atom is 0.339 e.